The number of amides is 3. The van der Waals surface area contributed by atoms with Crippen molar-refractivity contribution < 1.29 is 23.9 Å². The summed E-state index contributed by atoms with van der Waals surface area (Å²) in [5.41, 5.74) is 1.17. The van der Waals surface area contributed by atoms with Gasteiger partial charge in [-0.05, 0) is 41.5 Å². The number of carbonyl (C=O) groups is 3. The second-order valence-corrected chi connectivity index (χ2v) is 7.94. The van der Waals surface area contributed by atoms with E-state index < -0.39 is 24.5 Å². The first kappa shape index (κ1) is 23.2. The number of esters is 1. The highest BCUT2D eigenvalue weighted by atomic mass is 35.5. The van der Waals surface area contributed by atoms with Crippen LogP contribution in [-0.4, -0.2) is 36.5 Å². The number of ether oxygens (including phenoxy) is 2. The Morgan fingerprint density at radius 2 is 1.71 bits per heavy atom. The van der Waals surface area contributed by atoms with Gasteiger partial charge in [0.1, 0.15) is 18.8 Å². The molecule has 0 saturated carbocycles. The zero-order valence-corrected chi connectivity index (χ0v) is 18.9. The molecular formula is C20H14Cl4N2O5. The van der Waals surface area contributed by atoms with Gasteiger partial charge < -0.3 is 14.8 Å². The zero-order valence-electron chi connectivity index (χ0n) is 15.9. The molecule has 2 aromatic carbocycles. The van der Waals surface area contributed by atoms with E-state index in [0.717, 1.165) is 17.6 Å². The van der Waals surface area contributed by atoms with Crippen molar-refractivity contribution in [3.8, 4) is 5.75 Å². The molecule has 0 unspecified atom stereocenters. The Bertz CT molecular complexity index is 1080. The second-order valence-electron chi connectivity index (χ2n) is 6.31. The van der Waals surface area contributed by atoms with Gasteiger partial charge in [0.2, 0.25) is 0 Å². The monoisotopic (exact) mass is 502 g/mol. The summed E-state index contributed by atoms with van der Waals surface area (Å²) in [6, 6.07) is 7.38. The molecule has 3 rings (SSSR count). The summed E-state index contributed by atoms with van der Waals surface area (Å²) in [4.78, 5) is 36.4. The Balaban J connectivity index is 1.77. The van der Waals surface area contributed by atoms with E-state index in [-0.39, 0.29) is 28.1 Å². The quantitative estimate of drug-likeness (QED) is 0.342. The molecule has 11 heteroatoms. The second kappa shape index (κ2) is 9.78. The summed E-state index contributed by atoms with van der Waals surface area (Å²) < 4.78 is 10.2. The molecule has 1 N–H and O–H groups in total. The number of urea groups is 1. The summed E-state index contributed by atoms with van der Waals surface area (Å²) >= 11 is 24.5. The van der Waals surface area contributed by atoms with Crippen LogP contribution in [0.25, 0.3) is 6.08 Å². The summed E-state index contributed by atoms with van der Waals surface area (Å²) in [6.45, 7) is -0.352. The molecule has 1 heterocycles. The zero-order chi connectivity index (χ0) is 22.7. The van der Waals surface area contributed by atoms with Crippen molar-refractivity contribution >= 4 is 70.4 Å². The standard InChI is InChI=1S/C20H14Cl4N2O5/c1-30-17(27)8-26-19(28)16(25-20(26)29)7-11-5-14(23)18(15(24)6-11)31-9-10-2-3-12(21)13(22)4-10/h2-7H,8-9H2,1H3,(H,25,29)/b16-7+. The van der Waals surface area contributed by atoms with Crippen LogP contribution in [0, 0.1) is 0 Å². The minimum Gasteiger partial charge on any atom is -0.486 e. The van der Waals surface area contributed by atoms with Gasteiger partial charge in [-0.3, -0.25) is 9.59 Å². The molecule has 1 fully saturated rings. The first-order valence-electron chi connectivity index (χ1n) is 8.66. The lowest BCUT2D eigenvalue weighted by molar-refractivity contribution is -0.143. The lowest BCUT2D eigenvalue weighted by Gasteiger charge is -2.12. The summed E-state index contributed by atoms with van der Waals surface area (Å²) in [7, 11) is 1.16. The SMILES string of the molecule is COC(=O)CN1C(=O)N/C(=C/c2cc(Cl)c(OCc3ccc(Cl)c(Cl)c3)c(Cl)c2)C1=O. The molecule has 1 aliphatic heterocycles. The van der Waals surface area contributed by atoms with E-state index in [2.05, 4.69) is 10.1 Å². The van der Waals surface area contributed by atoms with Gasteiger partial charge in [0.15, 0.2) is 5.75 Å². The molecule has 31 heavy (non-hydrogen) atoms. The van der Waals surface area contributed by atoms with Crippen LogP contribution < -0.4 is 10.1 Å². The minimum atomic E-state index is -0.736. The van der Waals surface area contributed by atoms with Crippen LogP contribution in [0.2, 0.25) is 20.1 Å². The summed E-state index contributed by atoms with van der Waals surface area (Å²) in [5, 5.41) is 3.61. The van der Waals surface area contributed by atoms with Crippen molar-refractivity contribution in [2.45, 2.75) is 6.61 Å². The predicted octanol–water partition coefficient (Wildman–Crippen LogP) is 4.94. The van der Waals surface area contributed by atoms with E-state index in [1.807, 2.05) is 0 Å². The van der Waals surface area contributed by atoms with Gasteiger partial charge in [-0.1, -0.05) is 52.5 Å². The first-order valence-corrected chi connectivity index (χ1v) is 10.2. The fraction of sp³-hybridized carbons (Fsp3) is 0.150. The van der Waals surface area contributed by atoms with E-state index in [1.165, 1.54) is 18.2 Å². The van der Waals surface area contributed by atoms with Crippen LogP contribution in [0.3, 0.4) is 0 Å². The van der Waals surface area contributed by atoms with Gasteiger partial charge >= 0.3 is 12.0 Å². The van der Waals surface area contributed by atoms with Crippen molar-refractivity contribution in [3.05, 3.63) is 67.2 Å². The molecule has 162 valence electrons. The Kier molecular flexibility index (Phi) is 7.33. The number of halogens is 4. The number of nitrogens with one attached hydrogen (secondary N) is 1. The molecule has 0 aromatic heterocycles. The number of rotatable bonds is 6. The highest BCUT2D eigenvalue weighted by Gasteiger charge is 2.35. The van der Waals surface area contributed by atoms with Crippen LogP contribution in [0.1, 0.15) is 11.1 Å². The van der Waals surface area contributed by atoms with E-state index in [4.69, 9.17) is 51.1 Å². The molecule has 0 bridgehead atoms. The molecule has 0 radical (unpaired) electrons. The Hall–Kier alpha value is -2.45. The Morgan fingerprint density at radius 3 is 2.32 bits per heavy atom. The fourth-order valence-electron chi connectivity index (χ4n) is 2.66. The highest BCUT2D eigenvalue weighted by molar-refractivity contribution is 6.42. The van der Waals surface area contributed by atoms with Crippen LogP contribution in [0.4, 0.5) is 4.79 Å². The third-order valence-electron chi connectivity index (χ3n) is 4.18. The topological polar surface area (TPSA) is 84.9 Å². The third-order valence-corrected chi connectivity index (χ3v) is 5.48. The molecule has 0 spiro atoms. The number of imide groups is 1. The van der Waals surface area contributed by atoms with Gasteiger partial charge in [0.25, 0.3) is 5.91 Å². The molecule has 1 aliphatic rings. The average Bonchev–Trinajstić information content (AvgIpc) is 2.97. The number of hydrogen-bond donors (Lipinski definition) is 1. The third kappa shape index (κ3) is 5.43. The number of benzene rings is 2. The number of nitrogens with zero attached hydrogens (tertiary/aromatic N) is 1. The molecule has 7 nitrogen and oxygen atoms in total. The Morgan fingerprint density at radius 1 is 1.03 bits per heavy atom. The van der Waals surface area contributed by atoms with E-state index >= 15 is 0 Å². The van der Waals surface area contributed by atoms with Gasteiger partial charge in [-0.15, -0.1) is 0 Å². The van der Waals surface area contributed by atoms with Crippen molar-refractivity contribution in [3.63, 3.8) is 0 Å². The fourth-order valence-corrected chi connectivity index (χ4v) is 3.59. The maximum absolute atomic E-state index is 12.4. The van der Waals surface area contributed by atoms with Crippen LogP contribution in [0.5, 0.6) is 5.75 Å². The smallest absolute Gasteiger partial charge is 0.329 e. The largest absolute Gasteiger partial charge is 0.486 e. The minimum absolute atomic E-state index is 0.0366. The average molecular weight is 504 g/mol. The van der Waals surface area contributed by atoms with E-state index in [1.54, 1.807) is 18.2 Å². The highest BCUT2D eigenvalue weighted by Crippen LogP contribution is 2.36. The lowest BCUT2D eigenvalue weighted by Crippen LogP contribution is -2.36. The van der Waals surface area contributed by atoms with Crippen molar-refractivity contribution in [2.75, 3.05) is 13.7 Å². The molecule has 1 saturated heterocycles. The van der Waals surface area contributed by atoms with Crippen LogP contribution in [0.15, 0.2) is 36.0 Å². The maximum Gasteiger partial charge on any atom is 0.329 e. The summed E-state index contributed by atoms with van der Waals surface area (Å²) in [6.07, 6.45) is 1.39. The van der Waals surface area contributed by atoms with Gasteiger partial charge in [-0.2, -0.15) is 0 Å². The van der Waals surface area contributed by atoms with Crippen LogP contribution >= 0.6 is 46.4 Å². The Labute approximate surface area is 197 Å². The molecular weight excluding hydrogens is 490 g/mol. The van der Waals surface area contributed by atoms with Crippen molar-refractivity contribution in [1.29, 1.82) is 0 Å². The number of hydrogen-bond acceptors (Lipinski definition) is 5. The number of methoxy groups -OCH3 is 1. The van der Waals surface area contributed by atoms with Gasteiger partial charge in [0.05, 0.1) is 27.2 Å². The predicted molar refractivity (Wildman–Crippen MR) is 117 cm³/mol. The lowest BCUT2D eigenvalue weighted by atomic mass is 10.1. The van der Waals surface area contributed by atoms with Gasteiger partial charge in [0, 0.05) is 0 Å². The molecule has 0 atom stereocenters. The molecule has 0 aliphatic carbocycles. The molecule has 2 aromatic rings. The van der Waals surface area contributed by atoms with Crippen LogP contribution in [-0.2, 0) is 20.9 Å². The van der Waals surface area contributed by atoms with E-state index in [0.29, 0.717) is 15.6 Å². The first-order chi connectivity index (χ1) is 14.7. The summed E-state index contributed by atoms with van der Waals surface area (Å²) in [5.74, 6) is -1.16. The van der Waals surface area contributed by atoms with E-state index in [9.17, 15) is 14.4 Å². The van der Waals surface area contributed by atoms with Crippen molar-refractivity contribution in [2.24, 2.45) is 0 Å². The van der Waals surface area contributed by atoms with Gasteiger partial charge in [-0.25, -0.2) is 9.69 Å². The maximum atomic E-state index is 12.4. The normalized spacial score (nSPS) is 14.7. The van der Waals surface area contributed by atoms with Crippen molar-refractivity contribution in [1.82, 2.24) is 10.2 Å². The molecule has 3 amide bonds. The number of carbonyl (C=O) groups excluding carboxylic acids is 3.